The van der Waals surface area contributed by atoms with Gasteiger partial charge in [-0.05, 0) is 11.1 Å². The Morgan fingerprint density at radius 3 is 2.44 bits per heavy atom. The summed E-state index contributed by atoms with van der Waals surface area (Å²) in [5.41, 5.74) is 2.11. The fourth-order valence-electron chi connectivity index (χ4n) is 4.04. The van der Waals surface area contributed by atoms with E-state index in [-0.39, 0.29) is 24.3 Å². The van der Waals surface area contributed by atoms with Crippen LogP contribution >= 0.6 is 0 Å². The fraction of sp³-hybridized carbons (Fsp3) is 0.381. The topological polar surface area (TPSA) is 57.2 Å². The van der Waals surface area contributed by atoms with Gasteiger partial charge in [0.2, 0.25) is 0 Å². The molecule has 2 aromatic carbocycles. The normalized spacial score (nSPS) is 31.6. The average molecular weight is 367 g/mol. The van der Waals surface area contributed by atoms with Crippen molar-refractivity contribution in [3.05, 3.63) is 71.8 Å². The summed E-state index contributed by atoms with van der Waals surface area (Å²) in [6.07, 6.45) is -1.77. The fourth-order valence-corrected chi connectivity index (χ4v) is 4.04. The van der Waals surface area contributed by atoms with Gasteiger partial charge in [0.1, 0.15) is 18.2 Å². The molecule has 2 bridgehead atoms. The van der Waals surface area contributed by atoms with Gasteiger partial charge in [-0.3, -0.25) is 4.90 Å². The Hall–Kier alpha value is -2.41. The summed E-state index contributed by atoms with van der Waals surface area (Å²) in [4.78, 5) is 14.3. The lowest BCUT2D eigenvalue weighted by molar-refractivity contribution is -0.195. The molecule has 2 aromatic rings. The number of fused-ring (bicyclic) bond motifs is 4. The molecule has 3 fully saturated rings. The van der Waals surface area contributed by atoms with Gasteiger partial charge in [0.25, 0.3) is 0 Å². The van der Waals surface area contributed by atoms with E-state index in [0.29, 0.717) is 19.8 Å². The van der Waals surface area contributed by atoms with Crippen molar-refractivity contribution >= 4 is 6.09 Å². The Morgan fingerprint density at radius 2 is 1.70 bits per heavy atom. The molecule has 140 valence electrons. The van der Waals surface area contributed by atoms with Crippen molar-refractivity contribution in [3.63, 3.8) is 0 Å². The molecule has 0 aromatic heterocycles. The zero-order valence-electron chi connectivity index (χ0n) is 14.8. The first-order valence-electron chi connectivity index (χ1n) is 9.23. The highest BCUT2D eigenvalue weighted by atomic mass is 16.7. The highest BCUT2D eigenvalue weighted by molar-refractivity contribution is 5.71. The van der Waals surface area contributed by atoms with Crippen molar-refractivity contribution in [1.29, 1.82) is 0 Å². The standard InChI is InChI=1S/C21H21NO5/c23-21-22(11-14-7-3-1-4-8-14)17-19(27-21)18(16-13-25-20(17)26-16)24-12-15-9-5-2-6-10-15/h1-10,16-20H,11-13H2/t16-,17-,18-,19+,20-/m1/s1. The molecule has 0 radical (unpaired) electrons. The summed E-state index contributed by atoms with van der Waals surface area (Å²) in [7, 11) is 0. The van der Waals surface area contributed by atoms with Crippen molar-refractivity contribution in [2.24, 2.45) is 0 Å². The van der Waals surface area contributed by atoms with Crippen molar-refractivity contribution in [2.75, 3.05) is 6.61 Å². The van der Waals surface area contributed by atoms with E-state index in [1.54, 1.807) is 4.90 Å². The van der Waals surface area contributed by atoms with E-state index >= 15 is 0 Å². The molecule has 3 saturated heterocycles. The molecular formula is C21H21NO5. The monoisotopic (exact) mass is 367 g/mol. The summed E-state index contributed by atoms with van der Waals surface area (Å²) < 4.78 is 23.7. The van der Waals surface area contributed by atoms with Crippen LogP contribution in [0.2, 0.25) is 0 Å². The third kappa shape index (κ3) is 3.10. The number of amides is 1. The van der Waals surface area contributed by atoms with Crippen LogP contribution in [0.5, 0.6) is 0 Å². The number of hydrogen-bond donors (Lipinski definition) is 0. The summed E-state index contributed by atoms with van der Waals surface area (Å²) in [6, 6.07) is 19.5. The maximum atomic E-state index is 12.6. The SMILES string of the molecule is O=C1O[C@@H]2[C@H](OCc3ccccc3)[C@H]3CO[C@H](O3)[C@@H]2N1Cc1ccccc1. The van der Waals surface area contributed by atoms with E-state index < -0.39 is 12.4 Å². The molecular weight excluding hydrogens is 346 g/mol. The second kappa shape index (κ2) is 6.96. The van der Waals surface area contributed by atoms with Gasteiger partial charge in [-0.1, -0.05) is 60.7 Å². The summed E-state index contributed by atoms with van der Waals surface area (Å²) in [5.74, 6) is 0. The molecule has 5 rings (SSSR count). The first-order valence-corrected chi connectivity index (χ1v) is 9.23. The van der Waals surface area contributed by atoms with E-state index in [0.717, 1.165) is 11.1 Å². The van der Waals surface area contributed by atoms with Crippen molar-refractivity contribution in [2.45, 2.75) is 43.8 Å². The van der Waals surface area contributed by atoms with Gasteiger partial charge in [-0.25, -0.2) is 4.79 Å². The van der Waals surface area contributed by atoms with Crippen molar-refractivity contribution in [3.8, 4) is 0 Å². The van der Waals surface area contributed by atoms with Gasteiger partial charge >= 0.3 is 6.09 Å². The highest BCUT2D eigenvalue weighted by Gasteiger charge is 2.60. The maximum Gasteiger partial charge on any atom is 0.411 e. The number of carbonyl (C=O) groups excluding carboxylic acids is 1. The van der Waals surface area contributed by atoms with Crippen LogP contribution in [-0.4, -0.2) is 48.2 Å². The Morgan fingerprint density at radius 1 is 1.00 bits per heavy atom. The average Bonchev–Trinajstić information content (AvgIpc) is 3.26. The van der Waals surface area contributed by atoms with Crippen LogP contribution < -0.4 is 0 Å². The minimum absolute atomic E-state index is 0.218. The first-order chi connectivity index (χ1) is 13.3. The number of rotatable bonds is 5. The van der Waals surface area contributed by atoms with Crippen LogP contribution in [0.1, 0.15) is 11.1 Å². The Kier molecular flexibility index (Phi) is 4.32. The van der Waals surface area contributed by atoms with E-state index in [4.69, 9.17) is 18.9 Å². The number of benzene rings is 2. The van der Waals surface area contributed by atoms with Crippen LogP contribution in [0.4, 0.5) is 4.79 Å². The lowest BCUT2D eigenvalue weighted by atomic mass is 9.98. The quantitative estimate of drug-likeness (QED) is 0.813. The van der Waals surface area contributed by atoms with Gasteiger partial charge < -0.3 is 18.9 Å². The Labute approximate surface area is 157 Å². The van der Waals surface area contributed by atoms with Crippen molar-refractivity contribution < 1.29 is 23.7 Å². The smallest absolute Gasteiger partial charge is 0.411 e. The first kappa shape index (κ1) is 16.7. The molecule has 0 spiro atoms. The predicted octanol–water partition coefficient (Wildman–Crippen LogP) is 2.72. The van der Waals surface area contributed by atoms with Crippen molar-refractivity contribution in [1.82, 2.24) is 4.90 Å². The van der Waals surface area contributed by atoms with Crippen LogP contribution in [0.3, 0.4) is 0 Å². The third-order valence-electron chi connectivity index (χ3n) is 5.35. The predicted molar refractivity (Wildman–Crippen MR) is 95.7 cm³/mol. The van der Waals surface area contributed by atoms with Gasteiger partial charge in [-0.15, -0.1) is 0 Å². The molecule has 3 aliphatic heterocycles. The van der Waals surface area contributed by atoms with Gasteiger partial charge in [-0.2, -0.15) is 0 Å². The van der Waals surface area contributed by atoms with Gasteiger partial charge in [0, 0.05) is 6.54 Å². The summed E-state index contributed by atoms with van der Waals surface area (Å²) >= 11 is 0. The second-order valence-corrected chi connectivity index (χ2v) is 7.09. The maximum absolute atomic E-state index is 12.6. The summed E-state index contributed by atoms with van der Waals surface area (Å²) in [5, 5.41) is 0. The van der Waals surface area contributed by atoms with E-state index in [1.165, 1.54) is 0 Å². The van der Waals surface area contributed by atoms with Gasteiger partial charge in [0.05, 0.1) is 13.2 Å². The minimum Gasteiger partial charge on any atom is -0.441 e. The second-order valence-electron chi connectivity index (χ2n) is 7.09. The van der Waals surface area contributed by atoms with Crippen LogP contribution in [0.25, 0.3) is 0 Å². The number of carbonyl (C=O) groups is 1. The largest absolute Gasteiger partial charge is 0.441 e. The van der Waals surface area contributed by atoms with E-state index in [1.807, 2.05) is 60.7 Å². The molecule has 27 heavy (non-hydrogen) atoms. The molecule has 0 N–H and O–H groups in total. The molecule has 5 atom stereocenters. The molecule has 6 heteroatoms. The molecule has 3 heterocycles. The molecule has 0 aliphatic carbocycles. The molecule has 3 aliphatic rings. The van der Waals surface area contributed by atoms with Crippen LogP contribution in [-0.2, 0) is 32.1 Å². The Bertz CT molecular complexity index is 799. The molecule has 1 amide bonds. The zero-order chi connectivity index (χ0) is 18.2. The third-order valence-corrected chi connectivity index (χ3v) is 5.35. The zero-order valence-corrected chi connectivity index (χ0v) is 14.8. The molecule has 0 saturated carbocycles. The Balaban J connectivity index is 1.35. The van der Waals surface area contributed by atoms with Crippen LogP contribution in [0, 0.1) is 0 Å². The number of ether oxygens (including phenoxy) is 4. The molecule has 6 nitrogen and oxygen atoms in total. The number of hydrogen-bond acceptors (Lipinski definition) is 5. The van der Waals surface area contributed by atoms with E-state index in [9.17, 15) is 4.79 Å². The van der Waals surface area contributed by atoms with E-state index in [2.05, 4.69) is 0 Å². The lowest BCUT2D eigenvalue weighted by Crippen LogP contribution is -2.56. The summed E-state index contributed by atoms with van der Waals surface area (Å²) in [6.45, 7) is 1.35. The molecule has 0 unspecified atom stereocenters. The minimum atomic E-state index is -0.466. The van der Waals surface area contributed by atoms with Gasteiger partial charge in [0.15, 0.2) is 12.4 Å². The highest BCUT2D eigenvalue weighted by Crippen LogP contribution is 2.39. The lowest BCUT2D eigenvalue weighted by Gasteiger charge is -2.37. The number of nitrogens with zero attached hydrogens (tertiary/aromatic N) is 1. The van der Waals surface area contributed by atoms with Crippen LogP contribution in [0.15, 0.2) is 60.7 Å².